The Morgan fingerprint density at radius 1 is 0.870 bits per heavy atom. The van der Waals surface area contributed by atoms with Crippen LogP contribution in [-0.2, 0) is 15.4 Å². The third-order valence-corrected chi connectivity index (χ3v) is 5.56. The van der Waals surface area contributed by atoms with Crippen molar-refractivity contribution in [3.8, 4) is 0 Å². The smallest absolute Gasteiger partial charge is 0.250 e. The summed E-state index contributed by atoms with van der Waals surface area (Å²) < 4.78 is 18.6. The zero-order valence-corrected chi connectivity index (χ0v) is 15.6. The molecule has 1 heterocycles. The van der Waals surface area contributed by atoms with Gasteiger partial charge in [-0.05, 0) is 39.2 Å². The minimum absolute atomic E-state index is 0.0393. The van der Waals surface area contributed by atoms with Gasteiger partial charge in [-0.25, -0.2) is 4.20 Å². The molecule has 0 aliphatic rings. The lowest BCUT2D eigenvalue weighted by atomic mass is 9.85. The van der Waals surface area contributed by atoms with E-state index in [0.717, 1.165) is 27.0 Å². The first-order valence-electron chi connectivity index (χ1n) is 8.02. The van der Waals surface area contributed by atoms with Crippen LogP contribution in [0.1, 0.15) is 52.7 Å². The van der Waals surface area contributed by atoms with Gasteiger partial charge in [0.2, 0.25) is 5.12 Å². The zero-order valence-electron chi connectivity index (χ0n) is 14.7. The van der Waals surface area contributed by atoms with Crippen molar-refractivity contribution < 1.29 is 8.76 Å². The fourth-order valence-corrected chi connectivity index (χ4v) is 4.40. The van der Waals surface area contributed by atoms with Gasteiger partial charge in [0.25, 0.3) is 0 Å². The van der Waals surface area contributed by atoms with Crippen molar-refractivity contribution >= 4 is 29.1 Å². The molecule has 2 aromatic carbocycles. The van der Waals surface area contributed by atoms with Gasteiger partial charge in [0, 0.05) is 16.3 Å². The molecule has 1 atom stereocenters. The van der Waals surface area contributed by atoms with Gasteiger partial charge in [0.1, 0.15) is 0 Å². The molecule has 2 nitrogen and oxygen atoms in total. The molecule has 120 valence electrons. The van der Waals surface area contributed by atoms with Crippen LogP contribution in [0.5, 0.6) is 0 Å². The first kappa shape index (κ1) is 16.2. The van der Waals surface area contributed by atoms with Crippen LogP contribution in [0.4, 0.5) is 0 Å². The highest BCUT2D eigenvalue weighted by Gasteiger charge is 2.27. The molecular weight excluding hydrogens is 303 g/mol. The molecule has 1 aromatic heterocycles. The third kappa shape index (κ3) is 2.81. The summed E-state index contributed by atoms with van der Waals surface area (Å²) in [6.45, 7) is 12.9. The molecule has 3 aromatic rings. The lowest BCUT2D eigenvalue weighted by Crippen LogP contribution is -2.11. The van der Waals surface area contributed by atoms with E-state index in [-0.39, 0.29) is 10.8 Å². The predicted octanol–water partition coefficient (Wildman–Crippen LogP) is 6.92. The van der Waals surface area contributed by atoms with Gasteiger partial charge in [-0.1, -0.05) is 59.7 Å². The van der Waals surface area contributed by atoms with Crippen LogP contribution in [0, 0.1) is 0 Å². The standard InChI is InChI=1S/C20H24O2P/c1-19(2,3)13-10-11-14-15-8-7-9-16(20(4,5)6)18(15)23(21)22-17(14)12-13/h7-12H,1-6H3/q+1. The van der Waals surface area contributed by atoms with Gasteiger partial charge in [-0.2, -0.15) is 0 Å². The second kappa shape index (κ2) is 5.18. The lowest BCUT2D eigenvalue weighted by Gasteiger charge is -2.19. The van der Waals surface area contributed by atoms with Crippen LogP contribution in [0.25, 0.3) is 21.5 Å². The Hall–Kier alpha value is -1.66. The second-order valence-corrected chi connectivity index (χ2v) is 9.41. The summed E-state index contributed by atoms with van der Waals surface area (Å²) in [4.78, 5) is 0. The van der Waals surface area contributed by atoms with Crippen molar-refractivity contribution in [2.45, 2.75) is 52.4 Å². The number of hydrogen-bond acceptors (Lipinski definition) is 2. The predicted molar refractivity (Wildman–Crippen MR) is 98.7 cm³/mol. The van der Waals surface area contributed by atoms with E-state index < -0.39 is 7.65 Å². The first-order valence-corrected chi connectivity index (χ1v) is 9.20. The lowest BCUT2D eigenvalue weighted by molar-refractivity contribution is 0.559. The average Bonchev–Trinajstić information content (AvgIpc) is 2.44. The number of hydrogen-bond donors (Lipinski definition) is 0. The molecule has 0 N–H and O–H groups in total. The fraction of sp³-hybridized carbons (Fsp3) is 0.400. The van der Waals surface area contributed by atoms with Crippen molar-refractivity contribution in [3.05, 3.63) is 47.5 Å². The zero-order chi connectivity index (χ0) is 17.0. The molecule has 0 saturated heterocycles. The van der Waals surface area contributed by atoms with Crippen LogP contribution < -0.4 is 0 Å². The summed E-state index contributed by atoms with van der Waals surface area (Å²) in [5.41, 5.74) is 2.99. The summed E-state index contributed by atoms with van der Waals surface area (Å²) in [7, 11) is -1.88. The summed E-state index contributed by atoms with van der Waals surface area (Å²) >= 11 is 0. The third-order valence-electron chi connectivity index (χ3n) is 4.35. The summed E-state index contributed by atoms with van der Waals surface area (Å²) in [6.07, 6.45) is 0. The molecule has 0 amide bonds. The molecule has 0 aliphatic carbocycles. The van der Waals surface area contributed by atoms with E-state index in [1.54, 1.807) is 0 Å². The molecule has 0 radical (unpaired) electrons. The van der Waals surface area contributed by atoms with Crippen LogP contribution in [0.2, 0.25) is 0 Å². The van der Waals surface area contributed by atoms with E-state index in [1.165, 1.54) is 5.56 Å². The molecule has 1 unspecified atom stereocenters. The van der Waals surface area contributed by atoms with Gasteiger partial charge in [0.15, 0.2) is 5.58 Å². The maximum absolute atomic E-state index is 12.8. The Morgan fingerprint density at radius 3 is 2.17 bits per heavy atom. The van der Waals surface area contributed by atoms with Gasteiger partial charge >= 0.3 is 7.65 Å². The Balaban J connectivity index is 2.44. The highest BCUT2D eigenvalue weighted by Crippen LogP contribution is 2.42. The summed E-state index contributed by atoms with van der Waals surface area (Å²) in [6, 6.07) is 12.4. The summed E-state index contributed by atoms with van der Waals surface area (Å²) in [5, 5.41) is 2.93. The molecule has 0 saturated carbocycles. The molecule has 0 bridgehead atoms. The molecule has 0 fully saturated rings. The largest absolute Gasteiger partial charge is 0.598 e. The van der Waals surface area contributed by atoms with Crippen molar-refractivity contribution in [1.29, 1.82) is 0 Å². The van der Waals surface area contributed by atoms with Gasteiger partial charge in [-0.3, -0.25) is 0 Å². The minimum atomic E-state index is -1.88. The Morgan fingerprint density at radius 2 is 1.57 bits per heavy atom. The number of rotatable bonds is 0. The minimum Gasteiger partial charge on any atom is -0.250 e. The van der Waals surface area contributed by atoms with E-state index >= 15 is 0 Å². The molecule has 0 aliphatic heterocycles. The van der Waals surface area contributed by atoms with E-state index in [2.05, 4.69) is 71.9 Å². The molecular formula is C20H24O2P+. The topological polar surface area (TPSA) is 30.2 Å². The maximum Gasteiger partial charge on any atom is 0.598 e. The number of fused-ring (bicyclic) bond motifs is 3. The Labute approximate surface area is 138 Å². The second-order valence-electron chi connectivity index (χ2n) is 8.26. The Kier molecular flexibility index (Phi) is 3.65. The fourth-order valence-electron chi connectivity index (χ4n) is 2.98. The van der Waals surface area contributed by atoms with Crippen molar-refractivity contribution in [1.82, 2.24) is 0 Å². The van der Waals surface area contributed by atoms with Crippen molar-refractivity contribution in [2.75, 3.05) is 0 Å². The van der Waals surface area contributed by atoms with Crippen molar-refractivity contribution in [2.24, 2.45) is 0 Å². The summed E-state index contributed by atoms with van der Waals surface area (Å²) in [5.74, 6) is 0. The molecule has 3 rings (SSSR count). The van der Waals surface area contributed by atoms with Crippen LogP contribution in [0.15, 0.2) is 40.6 Å². The van der Waals surface area contributed by atoms with E-state index in [0.29, 0.717) is 0 Å². The molecule has 3 heteroatoms. The SMILES string of the molecule is CC(C)(C)c1ccc2c(c1)o[p+](=O)c1c(C(C)(C)C)cccc21. The average molecular weight is 327 g/mol. The molecule has 0 spiro atoms. The number of benzene rings is 2. The maximum atomic E-state index is 12.8. The van der Waals surface area contributed by atoms with Crippen LogP contribution in [-0.4, -0.2) is 0 Å². The normalized spacial score (nSPS) is 13.7. The first-order chi connectivity index (χ1) is 10.6. The Bertz CT molecular complexity index is 953. The van der Waals surface area contributed by atoms with Crippen LogP contribution >= 0.6 is 7.65 Å². The van der Waals surface area contributed by atoms with Gasteiger partial charge in [0.05, 0.1) is 0 Å². The van der Waals surface area contributed by atoms with Gasteiger partial charge < -0.3 is 0 Å². The highest BCUT2D eigenvalue weighted by atomic mass is 31.1. The van der Waals surface area contributed by atoms with Gasteiger partial charge in [-0.15, -0.1) is 0 Å². The molecule has 23 heavy (non-hydrogen) atoms. The quantitative estimate of drug-likeness (QED) is 0.419. The van der Waals surface area contributed by atoms with E-state index in [9.17, 15) is 4.57 Å². The highest BCUT2D eigenvalue weighted by molar-refractivity contribution is 7.37. The van der Waals surface area contributed by atoms with E-state index in [1.807, 2.05) is 6.07 Å². The van der Waals surface area contributed by atoms with E-state index in [4.69, 9.17) is 4.20 Å². The monoisotopic (exact) mass is 327 g/mol. The van der Waals surface area contributed by atoms with Crippen molar-refractivity contribution in [3.63, 3.8) is 0 Å². The van der Waals surface area contributed by atoms with Crippen LogP contribution in [0.3, 0.4) is 0 Å².